The molecule has 0 aliphatic heterocycles. The molecular weight excluding hydrogens is 176 g/mol. The van der Waals surface area contributed by atoms with Gasteiger partial charge in [-0.3, -0.25) is 0 Å². The highest BCUT2D eigenvalue weighted by molar-refractivity contribution is 7.89. The topological polar surface area (TPSA) is 72.2 Å². The molecule has 0 heterocycles. The zero-order valence-electron chi connectivity index (χ0n) is 7.54. The van der Waals surface area contributed by atoms with Gasteiger partial charge in [0.15, 0.2) is 0 Å². The molecule has 0 spiro atoms. The van der Waals surface area contributed by atoms with Gasteiger partial charge in [-0.15, -0.1) is 0 Å². The van der Waals surface area contributed by atoms with Crippen molar-refractivity contribution in [3.8, 4) is 0 Å². The highest BCUT2D eigenvalue weighted by Crippen LogP contribution is 1.90. The van der Waals surface area contributed by atoms with Gasteiger partial charge in [0, 0.05) is 6.54 Å². The van der Waals surface area contributed by atoms with Crippen LogP contribution in [0.4, 0.5) is 0 Å². The van der Waals surface area contributed by atoms with E-state index in [9.17, 15) is 8.42 Å². The van der Waals surface area contributed by atoms with Crippen LogP contribution >= 0.6 is 0 Å². The summed E-state index contributed by atoms with van der Waals surface area (Å²) >= 11 is 0. The van der Waals surface area contributed by atoms with Gasteiger partial charge < -0.3 is 5.73 Å². The Balaban J connectivity index is 3.48. The van der Waals surface area contributed by atoms with E-state index < -0.39 is 10.0 Å². The van der Waals surface area contributed by atoms with Crippen LogP contribution in [0.25, 0.3) is 0 Å². The second-order valence-electron chi connectivity index (χ2n) is 2.71. The van der Waals surface area contributed by atoms with E-state index in [-0.39, 0.29) is 5.75 Å². The van der Waals surface area contributed by atoms with E-state index in [4.69, 9.17) is 5.73 Å². The number of rotatable bonds is 7. The molecule has 5 heteroatoms. The third-order valence-electron chi connectivity index (χ3n) is 1.43. The van der Waals surface area contributed by atoms with Gasteiger partial charge in [0.2, 0.25) is 10.0 Å². The summed E-state index contributed by atoms with van der Waals surface area (Å²) in [5.74, 6) is 0.218. The van der Waals surface area contributed by atoms with Crippen molar-refractivity contribution in [2.75, 3.05) is 18.8 Å². The Morgan fingerprint density at radius 2 is 2.00 bits per heavy atom. The Kier molecular flexibility index (Phi) is 6.32. The van der Waals surface area contributed by atoms with Crippen LogP contribution in [-0.2, 0) is 10.0 Å². The largest absolute Gasteiger partial charge is 0.330 e. The van der Waals surface area contributed by atoms with E-state index in [2.05, 4.69) is 4.72 Å². The van der Waals surface area contributed by atoms with E-state index in [1.807, 2.05) is 6.92 Å². The van der Waals surface area contributed by atoms with Crippen molar-refractivity contribution in [1.82, 2.24) is 4.72 Å². The molecule has 0 saturated carbocycles. The van der Waals surface area contributed by atoms with Gasteiger partial charge in [0.05, 0.1) is 5.75 Å². The predicted octanol–water partition coefficient (Wildman–Crippen LogP) is 0.0547. The molecule has 12 heavy (non-hydrogen) atoms. The van der Waals surface area contributed by atoms with E-state index >= 15 is 0 Å². The second-order valence-corrected chi connectivity index (χ2v) is 4.64. The number of nitrogens with one attached hydrogen (secondary N) is 1. The van der Waals surface area contributed by atoms with Gasteiger partial charge in [-0.1, -0.05) is 6.92 Å². The molecule has 0 radical (unpaired) electrons. The zero-order valence-corrected chi connectivity index (χ0v) is 8.36. The molecule has 0 aliphatic rings. The minimum atomic E-state index is -3.00. The number of sulfonamides is 1. The molecule has 0 aliphatic carbocycles. The van der Waals surface area contributed by atoms with Crippen molar-refractivity contribution < 1.29 is 8.42 Å². The molecule has 0 amide bonds. The van der Waals surface area contributed by atoms with Gasteiger partial charge in [-0.25, -0.2) is 13.1 Å². The number of nitrogens with two attached hydrogens (primary N) is 1. The fourth-order valence-corrected chi connectivity index (χ4v) is 1.98. The smallest absolute Gasteiger partial charge is 0.211 e. The lowest BCUT2D eigenvalue weighted by Crippen LogP contribution is -2.27. The minimum Gasteiger partial charge on any atom is -0.330 e. The zero-order chi connectivity index (χ0) is 9.45. The minimum absolute atomic E-state index is 0.218. The normalized spacial score (nSPS) is 11.8. The SMILES string of the molecule is CCCS(=O)(=O)NCCCCN. The lowest BCUT2D eigenvalue weighted by Gasteiger charge is -2.03. The van der Waals surface area contributed by atoms with E-state index in [1.165, 1.54) is 0 Å². The summed E-state index contributed by atoms with van der Waals surface area (Å²) < 4.78 is 24.6. The molecule has 0 unspecified atom stereocenters. The van der Waals surface area contributed by atoms with Crippen molar-refractivity contribution >= 4 is 10.0 Å². The van der Waals surface area contributed by atoms with Crippen LogP contribution in [0.1, 0.15) is 26.2 Å². The quantitative estimate of drug-likeness (QED) is 0.563. The van der Waals surface area contributed by atoms with Crippen molar-refractivity contribution in [2.45, 2.75) is 26.2 Å². The summed E-state index contributed by atoms with van der Waals surface area (Å²) in [7, 11) is -3.00. The number of hydrogen-bond acceptors (Lipinski definition) is 3. The first-order valence-corrected chi connectivity index (χ1v) is 5.95. The third-order valence-corrected chi connectivity index (χ3v) is 3.02. The van der Waals surface area contributed by atoms with Crippen LogP contribution in [-0.4, -0.2) is 27.3 Å². The maximum atomic E-state index is 11.1. The average Bonchev–Trinajstić information content (AvgIpc) is 1.98. The summed E-state index contributed by atoms with van der Waals surface area (Å²) in [6.45, 7) is 2.98. The van der Waals surface area contributed by atoms with E-state index in [1.54, 1.807) is 0 Å². The Labute approximate surface area is 74.6 Å². The fraction of sp³-hybridized carbons (Fsp3) is 1.00. The molecule has 0 aromatic rings. The highest BCUT2D eigenvalue weighted by atomic mass is 32.2. The molecule has 3 N–H and O–H groups in total. The maximum Gasteiger partial charge on any atom is 0.211 e. The third kappa shape index (κ3) is 6.57. The Bertz CT molecular complexity index is 190. The summed E-state index contributed by atoms with van der Waals surface area (Å²) in [6, 6.07) is 0. The molecule has 0 atom stereocenters. The molecule has 0 saturated heterocycles. The monoisotopic (exact) mass is 194 g/mol. The average molecular weight is 194 g/mol. The van der Waals surface area contributed by atoms with Gasteiger partial charge in [-0.05, 0) is 25.8 Å². The summed E-state index contributed by atoms with van der Waals surface area (Å²) in [4.78, 5) is 0. The molecule has 0 fully saturated rings. The highest BCUT2D eigenvalue weighted by Gasteiger charge is 2.05. The Morgan fingerprint density at radius 3 is 2.50 bits per heavy atom. The summed E-state index contributed by atoms with van der Waals surface area (Å²) in [5, 5.41) is 0. The van der Waals surface area contributed by atoms with E-state index in [0.29, 0.717) is 19.5 Å². The van der Waals surface area contributed by atoms with Crippen LogP contribution in [0.2, 0.25) is 0 Å². The molecule has 0 bridgehead atoms. The lowest BCUT2D eigenvalue weighted by molar-refractivity contribution is 0.576. The van der Waals surface area contributed by atoms with E-state index in [0.717, 1.165) is 12.8 Å². The van der Waals surface area contributed by atoms with Gasteiger partial charge in [0.1, 0.15) is 0 Å². The molecular formula is C7H18N2O2S. The standard InChI is InChI=1S/C7H18N2O2S/c1-2-7-12(10,11)9-6-4-3-5-8/h9H,2-8H2,1H3. The van der Waals surface area contributed by atoms with Crippen molar-refractivity contribution in [2.24, 2.45) is 5.73 Å². The number of unbranched alkanes of at least 4 members (excludes halogenated alkanes) is 1. The van der Waals surface area contributed by atoms with Crippen LogP contribution in [0.5, 0.6) is 0 Å². The van der Waals surface area contributed by atoms with Gasteiger partial charge in [-0.2, -0.15) is 0 Å². The van der Waals surface area contributed by atoms with Crippen LogP contribution in [0.3, 0.4) is 0 Å². The van der Waals surface area contributed by atoms with Crippen LogP contribution in [0.15, 0.2) is 0 Å². The van der Waals surface area contributed by atoms with Crippen LogP contribution < -0.4 is 10.5 Å². The van der Waals surface area contributed by atoms with Crippen molar-refractivity contribution in [1.29, 1.82) is 0 Å². The molecule has 0 aromatic carbocycles. The van der Waals surface area contributed by atoms with Gasteiger partial charge in [0.25, 0.3) is 0 Å². The summed E-state index contributed by atoms with van der Waals surface area (Å²) in [6.07, 6.45) is 2.35. The first-order chi connectivity index (χ1) is 5.62. The maximum absolute atomic E-state index is 11.1. The van der Waals surface area contributed by atoms with Gasteiger partial charge >= 0.3 is 0 Å². The fourth-order valence-electron chi connectivity index (χ4n) is 0.838. The molecule has 0 aromatic heterocycles. The second kappa shape index (κ2) is 6.39. The molecule has 0 rings (SSSR count). The van der Waals surface area contributed by atoms with Crippen molar-refractivity contribution in [3.05, 3.63) is 0 Å². The molecule has 74 valence electrons. The molecule has 4 nitrogen and oxygen atoms in total. The first kappa shape index (κ1) is 11.9. The Hall–Kier alpha value is -0.130. The van der Waals surface area contributed by atoms with Crippen LogP contribution in [0, 0.1) is 0 Å². The summed E-state index contributed by atoms with van der Waals surface area (Å²) in [5.41, 5.74) is 5.26. The lowest BCUT2D eigenvalue weighted by atomic mass is 10.3. The van der Waals surface area contributed by atoms with Crippen molar-refractivity contribution in [3.63, 3.8) is 0 Å². The number of hydrogen-bond donors (Lipinski definition) is 2. The predicted molar refractivity (Wildman–Crippen MR) is 50.4 cm³/mol. The Morgan fingerprint density at radius 1 is 1.33 bits per heavy atom. The first-order valence-electron chi connectivity index (χ1n) is 4.30.